The number of nitrogens with zero attached hydrogens (tertiary/aromatic N) is 5. The number of carbonyl (C=O) groups is 6. The van der Waals surface area contributed by atoms with Crippen LogP contribution in [0.2, 0.25) is 0 Å². The molecule has 6 amide bonds. The lowest BCUT2D eigenvalue weighted by Gasteiger charge is -2.56. The second kappa shape index (κ2) is 13.4. The summed E-state index contributed by atoms with van der Waals surface area (Å²) in [6, 6.07) is 6.02. The molecule has 3 aliphatic rings. The number of piperazine rings is 1. The molecule has 0 saturated carbocycles. The van der Waals surface area contributed by atoms with Gasteiger partial charge in [-0.3, -0.25) is 29.0 Å². The first kappa shape index (κ1) is 32.8. The Morgan fingerprint density at radius 2 is 1.87 bits per heavy atom. The maximum Gasteiger partial charge on any atom is 0.352 e. The predicted molar refractivity (Wildman–Crippen MR) is 169 cm³/mol. The van der Waals surface area contributed by atoms with Gasteiger partial charge in [0.25, 0.3) is 5.91 Å². The van der Waals surface area contributed by atoms with Crippen molar-refractivity contribution < 1.29 is 33.9 Å². The summed E-state index contributed by atoms with van der Waals surface area (Å²) < 4.78 is 0.685. The molecule has 18 heteroatoms. The molecule has 3 N–H and O–H groups in total. The number of urea groups is 1. The number of amides is 6. The first-order valence-electron chi connectivity index (χ1n) is 13.7. The van der Waals surface area contributed by atoms with Crippen LogP contribution in [0.15, 0.2) is 45.9 Å². The highest BCUT2D eigenvalue weighted by Gasteiger charge is 2.65. The first-order chi connectivity index (χ1) is 21.5. The molecule has 1 aromatic heterocycles. The SMILES string of the molecule is CCN1CCN(C(=O)NC(C(=O)N[C@]2(SC)C(=O)N3C(C(=O)O)=C(CSc4nnc(C)s4)CS[C@@H]32)c2ccccc2)C(=O)C1=O. The van der Waals surface area contributed by atoms with Crippen molar-refractivity contribution in [1.82, 2.24) is 35.5 Å². The van der Waals surface area contributed by atoms with E-state index in [4.69, 9.17) is 0 Å². The fourth-order valence-corrected chi connectivity index (χ4v) is 9.68. The minimum absolute atomic E-state index is 0.0438. The zero-order valence-electron chi connectivity index (χ0n) is 24.3. The van der Waals surface area contributed by atoms with Crippen molar-refractivity contribution in [3.63, 3.8) is 0 Å². The van der Waals surface area contributed by atoms with E-state index >= 15 is 0 Å². The molecule has 0 bridgehead atoms. The zero-order chi connectivity index (χ0) is 32.5. The molecule has 4 heterocycles. The minimum Gasteiger partial charge on any atom is -0.477 e. The normalized spacial score (nSPS) is 22.2. The molecule has 0 aliphatic carbocycles. The molecule has 1 aromatic carbocycles. The fourth-order valence-electron chi connectivity index (χ4n) is 5.11. The highest BCUT2D eigenvalue weighted by molar-refractivity contribution is 8.05. The molecule has 14 nitrogen and oxygen atoms in total. The summed E-state index contributed by atoms with van der Waals surface area (Å²) >= 11 is 5.12. The molecule has 1 unspecified atom stereocenters. The Balaban J connectivity index is 1.36. The second-order valence-corrected chi connectivity index (χ2v) is 14.6. The van der Waals surface area contributed by atoms with E-state index in [1.54, 1.807) is 43.5 Å². The summed E-state index contributed by atoms with van der Waals surface area (Å²) in [6.07, 6.45) is 1.64. The Morgan fingerprint density at radius 1 is 1.13 bits per heavy atom. The summed E-state index contributed by atoms with van der Waals surface area (Å²) in [5.74, 6) is -3.81. The van der Waals surface area contributed by atoms with Gasteiger partial charge in [-0.2, -0.15) is 0 Å². The number of thioether (sulfide) groups is 3. The Labute approximate surface area is 274 Å². The third-order valence-electron chi connectivity index (χ3n) is 7.42. The van der Waals surface area contributed by atoms with Crippen LogP contribution in [0.1, 0.15) is 23.5 Å². The molecule has 45 heavy (non-hydrogen) atoms. The Kier molecular flexibility index (Phi) is 9.76. The van der Waals surface area contributed by atoms with Crippen LogP contribution in [-0.2, 0) is 24.0 Å². The number of carboxylic acid groups (broad SMARTS) is 1. The number of aryl methyl sites for hydroxylation is 1. The highest BCUT2D eigenvalue weighted by Crippen LogP contribution is 2.51. The highest BCUT2D eigenvalue weighted by atomic mass is 32.2. The number of aromatic nitrogens is 2. The van der Waals surface area contributed by atoms with Gasteiger partial charge < -0.3 is 20.6 Å². The lowest BCUT2D eigenvalue weighted by atomic mass is 10.00. The van der Waals surface area contributed by atoms with Crippen LogP contribution in [0.5, 0.6) is 0 Å². The topological polar surface area (TPSA) is 182 Å². The minimum atomic E-state index is -1.52. The number of rotatable bonds is 10. The van der Waals surface area contributed by atoms with Crippen molar-refractivity contribution in [2.24, 2.45) is 0 Å². The van der Waals surface area contributed by atoms with Crippen molar-refractivity contribution in [2.75, 3.05) is 37.4 Å². The van der Waals surface area contributed by atoms with E-state index in [1.165, 1.54) is 44.7 Å². The number of carbonyl (C=O) groups excluding carboxylic acids is 5. The number of aliphatic carboxylic acids is 1. The largest absolute Gasteiger partial charge is 0.477 e. The van der Waals surface area contributed by atoms with Crippen LogP contribution in [-0.4, -0.2) is 113 Å². The third kappa shape index (κ3) is 6.15. The number of nitrogens with one attached hydrogen (secondary N) is 2. The van der Waals surface area contributed by atoms with Gasteiger partial charge in [-0.1, -0.05) is 53.4 Å². The molecule has 2 saturated heterocycles. The van der Waals surface area contributed by atoms with Gasteiger partial charge in [-0.15, -0.1) is 33.7 Å². The van der Waals surface area contributed by atoms with Gasteiger partial charge in [-0.25, -0.2) is 9.59 Å². The number of hydrogen-bond donors (Lipinski definition) is 3. The molecular weight excluding hydrogens is 663 g/mol. The maximum atomic E-state index is 13.9. The van der Waals surface area contributed by atoms with Crippen molar-refractivity contribution in [1.29, 1.82) is 0 Å². The van der Waals surface area contributed by atoms with E-state index in [0.29, 0.717) is 33.5 Å². The predicted octanol–water partition coefficient (Wildman–Crippen LogP) is 1.51. The van der Waals surface area contributed by atoms with Crippen molar-refractivity contribution in [3.05, 3.63) is 52.2 Å². The first-order valence-corrected chi connectivity index (χ1v) is 17.8. The molecule has 5 rings (SSSR count). The average Bonchev–Trinajstić information content (AvgIpc) is 3.46. The summed E-state index contributed by atoms with van der Waals surface area (Å²) in [6.45, 7) is 3.98. The molecule has 0 spiro atoms. The van der Waals surface area contributed by atoms with E-state index in [2.05, 4.69) is 20.8 Å². The van der Waals surface area contributed by atoms with Crippen molar-refractivity contribution in [3.8, 4) is 0 Å². The maximum absolute atomic E-state index is 13.9. The summed E-state index contributed by atoms with van der Waals surface area (Å²) in [5, 5.41) is 23.5. The Morgan fingerprint density at radius 3 is 2.49 bits per heavy atom. The van der Waals surface area contributed by atoms with Gasteiger partial charge in [-0.05, 0) is 31.2 Å². The monoisotopic (exact) mass is 691 g/mol. The molecule has 2 fully saturated rings. The van der Waals surface area contributed by atoms with Crippen molar-refractivity contribution >= 4 is 82.3 Å². The lowest BCUT2D eigenvalue weighted by Crippen LogP contribution is -2.78. The van der Waals surface area contributed by atoms with E-state index in [9.17, 15) is 33.9 Å². The standard InChI is InChI=1S/C27H29N7O7S4/c1-4-32-10-11-33(21(37)20(32)36)25(41)28-17(15-8-6-5-7-9-15)19(35)29-27(42-3)23(40)34-18(22(38)39)16(12-43-24(27)34)13-44-26-31-30-14(2)45-26/h5-9,17,24H,4,10-13H2,1-3H3,(H,28,41)(H,29,35)(H,38,39)/t17?,24-,27+/m1/s1. The van der Waals surface area contributed by atoms with Gasteiger partial charge in [0.05, 0.1) is 0 Å². The summed E-state index contributed by atoms with van der Waals surface area (Å²) in [5.41, 5.74) is 0.800. The number of carboxylic acids is 1. The Hall–Kier alpha value is -3.61. The molecular formula is C27H29N7O7S4. The third-order valence-corrected chi connectivity index (χ3v) is 12.2. The number of likely N-dealkylation sites (N-methyl/N-ethyl adjacent to an activating group) is 1. The second-order valence-electron chi connectivity index (χ2n) is 10.0. The molecule has 2 aromatic rings. The molecule has 3 atom stereocenters. The average molecular weight is 692 g/mol. The van der Waals surface area contributed by atoms with Crippen molar-refractivity contribution in [2.45, 2.75) is 34.5 Å². The van der Waals surface area contributed by atoms with Crippen LogP contribution in [0, 0.1) is 6.92 Å². The van der Waals surface area contributed by atoms with Crippen LogP contribution in [0.4, 0.5) is 4.79 Å². The summed E-state index contributed by atoms with van der Waals surface area (Å²) in [4.78, 5) is 80.1. The van der Waals surface area contributed by atoms with E-state index in [0.717, 1.165) is 21.7 Å². The number of imide groups is 1. The Bertz CT molecular complexity index is 1590. The van der Waals surface area contributed by atoms with Gasteiger partial charge >= 0.3 is 23.8 Å². The van der Waals surface area contributed by atoms with Crippen LogP contribution < -0.4 is 10.6 Å². The number of fused-ring (bicyclic) bond motifs is 1. The number of β-lactam (4-membered cyclic amide) rings is 1. The fraction of sp³-hybridized carbons (Fsp3) is 0.407. The summed E-state index contributed by atoms with van der Waals surface area (Å²) in [7, 11) is 0. The van der Waals surface area contributed by atoms with Gasteiger partial charge in [0.1, 0.15) is 22.1 Å². The molecule has 0 radical (unpaired) electrons. The molecule has 3 aliphatic heterocycles. The number of benzene rings is 1. The van der Waals surface area contributed by atoms with Crippen LogP contribution >= 0.6 is 46.6 Å². The zero-order valence-corrected chi connectivity index (χ0v) is 27.6. The van der Waals surface area contributed by atoms with Gasteiger partial charge in [0.15, 0.2) is 9.21 Å². The van der Waals surface area contributed by atoms with E-state index in [-0.39, 0.29) is 18.8 Å². The van der Waals surface area contributed by atoms with E-state index in [1.807, 2.05) is 6.92 Å². The van der Waals surface area contributed by atoms with Gasteiger partial charge in [0, 0.05) is 31.1 Å². The van der Waals surface area contributed by atoms with Gasteiger partial charge in [0.2, 0.25) is 5.91 Å². The van der Waals surface area contributed by atoms with Crippen LogP contribution in [0.25, 0.3) is 0 Å². The molecule has 238 valence electrons. The smallest absolute Gasteiger partial charge is 0.352 e. The number of hydrogen-bond acceptors (Lipinski definition) is 12. The van der Waals surface area contributed by atoms with Crippen LogP contribution in [0.3, 0.4) is 0 Å². The van der Waals surface area contributed by atoms with E-state index < -0.39 is 51.9 Å². The lowest BCUT2D eigenvalue weighted by molar-refractivity contribution is -0.153. The quantitative estimate of drug-likeness (QED) is 0.142.